The summed E-state index contributed by atoms with van der Waals surface area (Å²) in [7, 11) is 0. The zero-order valence-electron chi connectivity index (χ0n) is 11.1. The van der Waals surface area contributed by atoms with Crippen molar-refractivity contribution in [3.05, 3.63) is 36.5 Å². The van der Waals surface area contributed by atoms with Crippen molar-refractivity contribution in [2.75, 3.05) is 16.8 Å². The van der Waals surface area contributed by atoms with Gasteiger partial charge < -0.3 is 5.32 Å². The zero-order valence-corrected chi connectivity index (χ0v) is 11.9. The predicted octanol–water partition coefficient (Wildman–Crippen LogP) is 3.71. The second-order valence-corrected chi connectivity index (χ2v) is 5.48. The van der Waals surface area contributed by atoms with Gasteiger partial charge in [-0.05, 0) is 24.3 Å². The molecule has 0 atom stereocenters. The lowest BCUT2D eigenvalue weighted by Gasteiger charge is -2.05. The lowest BCUT2D eigenvalue weighted by atomic mass is 10.2. The monoisotopic (exact) mass is 274 g/mol. The summed E-state index contributed by atoms with van der Waals surface area (Å²) in [5.41, 5.74) is 1.71. The Bertz CT molecular complexity index is 557. The van der Waals surface area contributed by atoms with Crippen molar-refractivity contribution in [3.8, 4) is 0 Å². The van der Waals surface area contributed by atoms with Crippen LogP contribution in [0.4, 0.5) is 5.69 Å². The van der Waals surface area contributed by atoms with Gasteiger partial charge in [0.1, 0.15) is 0 Å². The minimum absolute atomic E-state index is 0.0400. The molecule has 0 spiro atoms. The fraction of sp³-hybridized carbons (Fsp3) is 0.333. The maximum atomic E-state index is 11.8. The summed E-state index contributed by atoms with van der Waals surface area (Å²) in [5.74, 6) is 1.59. The standard InChI is InChI=1S/C15H18N2OS/c1-2-3-8-19-11-15(18)17-13-9-12-6-4-5-7-14(12)16-10-13/h4-7,9-10H,2-3,8,11H2,1H3,(H,17,18). The molecule has 0 saturated carbocycles. The predicted molar refractivity (Wildman–Crippen MR) is 82.6 cm³/mol. The van der Waals surface area contributed by atoms with Crippen molar-refractivity contribution in [2.24, 2.45) is 0 Å². The summed E-state index contributed by atoms with van der Waals surface area (Å²) in [6.07, 6.45) is 4.04. The van der Waals surface area contributed by atoms with Crippen LogP contribution in [0.3, 0.4) is 0 Å². The molecule has 2 aromatic rings. The normalized spacial score (nSPS) is 10.6. The Labute approximate surface area is 117 Å². The average molecular weight is 274 g/mol. The molecule has 100 valence electrons. The third-order valence-electron chi connectivity index (χ3n) is 2.75. The molecule has 0 aliphatic heterocycles. The van der Waals surface area contributed by atoms with Gasteiger partial charge in [-0.2, -0.15) is 11.8 Å². The lowest BCUT2D eigenvalue weighted by Crippen LogP contribution is -2.14. The first kappa shape index (κ1) is 13.9. The number of para-hydroxylation sites is 1. The van der Waals surface area contributed by atoms with Crippen molar-refractivity contribution in [1.29, 1.82) is 0 Å². The number of unbranched alkanes of at least 4 members (excludes halogenated alkanes) is 1. The van der Waals surface area contributed by atoms with E-state index in [1.54, 1.807) is 18.0 Å². The minimum atomic E-state index is 0.0400. The first-order valence-corrected chi connectivity index (χ1v) is 7.67. The number of nitrogens with zero attached hydrogens (tertiary/aromatic N) is 1. The number of benzene rings is 1. The highest BCUT2D eigenvalue weighted by atomic mass is 32.2. The molecule has 1 amide bonds. The smallest absolute Gasteiger partial charge is 0.234 e. The van der Waals surface area contributed by atoms with Crippen LogP contribution in [0.25, 0.3) is 10.9 Å². The van der Waals surface area contributed by atoms with Gasteiger partial charge in [0, 0.05) is 5.39 Å². The van der Waals surface area contributed by atoms with Crippen LogP contribution in [0, 0.1) is 0 Å². The second-order valence-electron chi connectivity index (χ2n) is 4.37. The highest BCUT2D eigenvalue weighted by molar-refractivity contribution is 7.99. The van der Waals surface area contributed by atoms with E-state index in [1.165, 1.54) is 6.42 Å². The number of aromatic nitrogens is 1. The maximum Gasteiger partial charge on any atom is 0.234 e. The highest BCUT2D eigenvalue weighted by Gasteiger charge is 2.03. The molecule has 3 nitrogen and oxygen atoms in total. The summed E-state index contributed by atoms with van der Waals surface area (Å²) >= 11 is 1.68. The van der Waals surface area contributed by atoms with Crippen LogP contribution in [-0.2, 0) is 4.79 Å². The number of carbonyl (C=O) groups is 1. The Morgan fingerprint density at radius 3 is 3.05 bits per heavy atom. The van der Waals surface area contributed by atoms with E-state index in [2.05, 4.69) is 17.2 Å². The van der Waals surface area contributed by atoms with Gasteiger partial charge in [-0.25, -0.2) is 0 Å². The Morgan fingerprint density at radius 2 is 2.21 bits per heavy atom. The molecule has 0 saturated heterocycles. The summed E-state index contributed by atoms with van der Waals surface area (Å²) < 4.78 is 0. The van der Waals surface area contributed by atoms with Gasteiger partial charge >= 0.3 is 0 Å². The van der Waals surface area contributed by atoms with Crippen LogP contribution in [-0.4, -0.2) is 22.4 Å². The highest BCUT2D eigenvalue weighted by Crippen LogP contribution is 2.16. The Balaban J connectivity index is 1.91. The van der Waals surface area contributed by atoms with E-state index in [0.717, 1.165) is 28.8 Å². The van der Waals surface area contributed by atoms with E-state index >= 15 is 0 Å². The van der Waals surface area contributed by atoms with E-state index in [-0.39, 0.29) is 5.91 Å². The summed E-state index contributed by atoms with van der Waals surface area (Å²) in [6.45, 7) is 2.15. The largest absolute Gasteiger partial charge is 0.324 e. The van der Waals surface area contributed by atoms with E-state index in [0.29, 0.717) is 5.75 Å². The van der Waals surface area contributed by atoms with Crippen LogP contribution >= 0.6 is 11.8 Å². The molecule has 1 N–H and O–H groups in total. The van der Waals surface area contributed by atoms with Gasteiger partial charge in [-0.1, -0.05) is 31.5 Å². The number of fused-ring (bicyclic) bond motifs is 1. The average Bonchev–Trinajstić information content (AvgIpc) is 2.43. The topological polar surface area (TPSA) is 42.0 Å². The third kappa shape index (κ3) is 4.24. The Kier molecular flexibility index (Phi) is 5.21. The molecule has 2 rings (SSSR count). The van der Waals surface area contributed by atoms with Crippen molar-refractivity contribution in [1.82, 2.24) is 4.98 Å². The molecule has 0 aliphatic rings. The number of hydrogen-bond acceptors (Lipinski definition) is 3. The fourth-order valence-electron chi connectivity index (χ4n) is 1.75. The van der Waals surface area contributed by atoms with Crippen molar-refractivity contribution < 1.29 is 4.79 Å². The Hall–Kier alpha value is -1.55. The summed E-state index contributed by atoms with van der Waals surface area (Å²) in [4.78, 5) is 16.1. The van der Waals surface area contributed by atoms with Crippen LogP contribution in [0.1, 0.15) is 19.8 Å². The molecule has 1 aromatic carbocycles. The SMILES string of the molecule is CCCCSCC(=O)Nc1cnc2ccccc2c1. The van der Waals surface area contributed by atoms with E-state index in [9.17, 15) is 4.79 Å². The quantitative estimate of drug-likeness (QED) is 0.817. The first-order chi connectivity index (χ1) is 9.29. The molecule has 0 bridgehead atoms. The zero-order chi connectivity index (χ0) is 13.5. The molecule has 1 aromatic heterocycles. The van der Waals surface area contributed by atoms with Crippen molar-refractivity contribution >= 4 is 34.3 Å². The van der Waals surface area contributed by atoms with Gasteiger partial charge in [-0.3, -0.25) is 9.78 Å². The number of amides is 1. The molecule has 0 radical (unpaired) electrons. The number of thioether (sulfide) groups is 1. The molecule has 0 unspecified atom stereocenters. The van der Waals surface area contributed by atoms with E-state index in [1.807, 2.05) is 30.3 Å². The minimum Gasteiger partial charge on any atom is -0.324 e. The number of nitrogens with one attached hydrogen (secondary N) is 1. The molecule has 0 fully saturated rings. The number of carbonyl (C=O) groups excluding carboxylic acids is 1. The number of rotatable bonds is 6. The number of pyridine rings is 1. The van der Waals surface area contributed by atoms with Crippen LogP contribution in [0.15, 0.2) is 36.5 Å². The van der Waals surface area contributed by atoms with Gasteiger partial charge in [0.15, 0.2) is 0 Å². The second kappa shape index (κ2) is 7.14. The third-order valence-corrected chi connectivity index (χ3v) is 3.79. The molecule has 19 heavy (non-hydrogen) atoms. The lowest BCUT2D eigenvalue weighted by molar-refractivity contribution is -0.113. The molecule has 0 aliphatic carbocycles. The number of anilines is 1. The molecular formula is C15H18N2OS. The van der Waals surface area contributed by atoms with Gasteiger partial charge in [0.25, 0.3) is 0 Å². The van der Waals surface area contributed by atoms with Crippen molar-refractivity contribution in [2.45, 2.75) is 19.8 Å². The van der Waals surface area contributed by atoms with Crippen LogP contribution in [0.5, 0.6) is 0 Å². The maximum absolute atomic E-state index is 11.8. The number of hydrogen-bond donors (Lipinski definition) is 1. The summed E-state index contributed by atoms with van der Waals surface area (Å²) in [6, 6.07) is 9.83. The van der Waals surface area contributed by atoms with Gasteiger partial charge in [0.2, 0.25) is 5.91 Å². The van der Waals surface area contributed by atoms with E-state index < -0.39 is 0 Å². The molecule has 4 heteroatoms. The van der Waals surface area contributed by atoms with Gasteiger partial charge in [-0.15, -0.1) is 0 Å². The van der Waals surface area contributed by atoms with E-state index in [4.69, 9.17) is 0 Å². The Morgan fingerprint density at radius 1 is 1.37 bits per heavy atom. The van der Waals surface area contributed by atoms with Crippen molar-refractivity contribution in [3.63, 3.8) is 0 Å². The fourth-order valence-corrected chi connectivity index (χ4v) is 2.64. The summed E-state index contributed by atoms with van der Waals surface area (Å²) in [5, 5.41) is 3.93. The van der Waals surface area contributed by atoms with Crippen LogP contribution in [0.2, 0.25) is 0 Å². The van der Waals surface area contributed by atoms with Gasteiger partial charge in [0.05, 0.1) is 23.2 Å². The molecule has 1 heterocycles. The van der Waals surface area contributed by atoms with Crippen LogP contribution < -0.4 is 5.32 Å². The first-order valence-electron chi connectivity index (χ1n) is 6.52. The molecular weight excluding hydrogens is 256 g/mol.